The molecule has 4 heteroatoms. The van der Waals surface area contributed by atoms with Crippen molar-refractivity contribution in [1.82, 2.24) is 9.97 Å². The van der Waals surface area contributed by atoms with Crippen molar-refractivity contribution in [2.24, 2.45) is 5.92 Å². The van der Waals surface area contributed by atoms with Crippen molar-refractivity contribution in [3.05, 3.63) is 11.9 Å². The lowest BCUT2D eigenvalue weighted by atomic mass is 9.85. The lowest BCUT2D eigenvalue weighted by Gasteiger charge is -2.31. The van der Waals surface area contributed by atoms with Crippen LogP contribution in [0.1, 0.15) is 64.4 Å². The molecule has 2 atom stereocenters. The third-order valence-electron chi connectivity index (χ3n) is 4.29. The number of hydrogen-bond acceptors (Lipinski definition) is 4. The normalized spacial score (nSPS) is 22.9. The summed E-state index contributed by atoms with van der Waals surface area (Å²) in [6.45, 7) is 6.57. The standard InChI is InChI=1S/C16H27N3O/c1-5-12-8-6-7-9-13(12)20-16-14(11(2)3)15(17-4)18-10-19-16/h10-13H,5-9H2,1-4H3,(H,17,18,19). The molecule has 1 N–H and O–H groups in total. The van der Waals surface area contributed by atoms with Crippen LogP contribution in [0.15, 0.2) is 6.33 Å². The van der Waals surface area contributed by atoms with Gasteiger partial charge in [0.2, 0.25) is 5.88 Å². The Bertz CT molecular complexity index is 434. The van der Waals surface area contributed by atoms with Gasteiger partial charge in [-0.1, -0.05) is 27.2 Å². The first-order valence-corrected chi connectivity index (χ1v) is 7.86. The Morgan fingerprint density at radius 3 is 2.70 bits per heavy atom. The van der Waals surface area contributed by atoms with Gasteiger partial charge in [0.15, 0.2) is 0 Å². The number of anilines is 1. The second-order valence-corrected chi connectivity index (χ2v) is 5.95. The van der Waals surface area contributed by atoms with Crippen LogP contribution >= 0.6 is 0 Å². The maximum absolute atomic E-state index is 6.30. The zero-order chi connectivity index (χ0) is 14.5. The van der Waals surface area contributed by atoms with Crippen molar-refractivity contribution in [2.75, 3.05) is 12.4 Å². The Balaban J connectivity index is 2.23. The van der Waals surface area contributed by atoms with E-state index >= 15 is 0 Å². The van der Waals surface area contributed by atoms with Gasteiger partial charge in [0.1, 0.15) is 18.2 Å². The largest absolute Gasteiger partial charge is 0.474 e. The van der Waals surface area contributed by atoms with E-state index < -0.39 is 0 Å². The Morgan fingerprint density at radius 1 is 1.30 bits per heavy atom. The molecule has 112 valence electrons. The van der Waals surface area contributed by atoms with Gasteiger partial charge in [-0.3, -0.25) is 0 Å². The van der Waals surface area contributed by atoms with Crippen LogP contribution in [0.2, 0.25) is 0 Å². The fourth-order valence-corrected chi connectivity index (χ4v) is 3.13. The first-order valence-electron chi connectivity index (χ1n) is 7.86. The van der Waals surface area contributed by atoms with E-state index in [2.05, 4.69) is 36.1 Å². The van der Waals surface area contributed by atoms with Crippen molar-refractivity contribution in [3.63, 3.8) is 0 Å². The molecule has 4 nitrogen and oxygen atoms in total. The van der Waals surface area contributed by atoms with Crippen LogP contribution in [0, 0.1) is 5.92 Å². The van der Waals surface area contributed by atoms with E-state index in [4.69, 9.17) is 4.74 Å². The molecule has 1 aliphatic rings. The molecule has 0 saturated heterocycles. The Labute approximate surface area is 122 Å². The molecule has 0 aromatic carbocycles. The fraction of sp³-hybridized carbons (Fsp3) is 0.750. The first-order chi connectivity index (χ1) is 9.67. The molecule has 0 bridgehead atoms. The lowest BCUT2D eigenvalue weighted by Crippen LogP contribution is -2.30. The summed E-state index contributed by atoms with van der Waals surface area (Å²) >= 11 is 0. The fourth-order valence-electron chi connectivity index (χ4n) is 3.13. The summed E-state index contributed by atoms with van der Waals surface area (Å²) in [6, 6.07) is 0. The van der Waals surface area contributed by atoms with Gasteiger partial charge in [0, 0.05) is 7.05 Å². The highest BCUT2D eigenvalue weighted by Crippen LogP contribution is 2.34. The summed E-state index contributed by atoms with van der Waals surface area (Å²) in [5.74, 6) is 2.66. The lowest BCUT2D eigenvalue weighted by molar-refractivity contribution is 0.0844. The van der Waals surface area contributed by atoms with Gasteiger partial charge in [-0.2, -0.15) is 0 Å². The molecular weight excluding hydrogens is 250 g/mol. The Morgan fingerprint density at radius 2 is 2.05 bits per heavy atom. The minimum absolute atomic E-state index is 0.311. The van der Waals surface area contributed by atoms with Gasteiger partial charge in [-0.05, 0) is 37.5 Å². The highest BCUT2D eigenvalue weighted by atomic mass is 16.5. The van der Waals surface area contributed by atoms with E-state index in [0.717, 1.165) is 23.7 Å². The summed E-state index contributed by atoms with van der Waals surface area (Å²) < 4.78 is 6.30. The van der Waals surface area contributed by atoms with Gasteiger partial charge < -0.3 is 10.1 Å². The van der Waals surface area contributed by atoms with E-state index in [1.54, 1.807) is 6.33 Å². The molecule has 0 radical (unpaired) electrons. The molecule has 1 heterocycles. The number of ether oxygens (including phenoxy) is 1. The minimum Gasteiger partial charge on any atom is -0.474 e. The van der Waals surface area contributed by atoms with Gasteiger partial charge in [-0.15, -0.1) is 0 Å². The summed E-state index contributed by atoms with van der Waals surface area (Å²) in [7, 11) is 1.90. The molecule has 1 aromatic heterocycles. The average molecular weight is 277 g/mol. The quantitative estimate of drug-likeness (QED) is 0.884. The average Bonchev–Trinajstić information content (AvgIpc) is 2.47. The van der Waals surface area contributed by atoms with E-state index in [1.165, 1.54) is 25.7 Å². The smallest absolute Gasteiger partial charge is 0.222 e. The Hall–Kier alpha value is -1.32. The van der Waals surface area contributed by atoms with Gasteiger partial charge in [0.05, 0.1) is 5.56 Å². The minimum atomic E-state index is 0.311. The van der Waals surface area contributed by atoms with E-state index in [0.29, 0.717) is 17.9 Å². The highest BCUT2D eigenvalue weighted by molar-refractivity contribution is 5.50. The van der Waals surface area contributed by atoms with Crippen molar-refractivity contribution >= 4 is 5.82 Å². The second kappa shape index (κ2) is 6.91. The van der Waals surface area contributed by atoms with Gasteiger partial charge in [0.25, 0.3) is 0 Å². The van der Waals surface area contributed by atoms with Crippen LogP contribution in [0.25, 0.3) is 0 Å². The number of nitrogens with zero attached hydrogens (tertiary/aromatic N) is 2. The maximum atomic E-state index is 6.30. The van der Waals surface area contributed by atoms with Crippen LogP contribution in [0.4, 0.5) is 5.82 Å². The number of nitrogens with one attached hydrogen (secondary N) is 1. The third kappa shape index (κ3) is 3.22. The van der Waals surface area contributed by atoms with Crippen LogP contribution in [-0.2, 0) is 0 Å². The predicted octanol–water partition coefficient (Wildman–Crippen LogP) is 3.99. The molecule has 0 aliphatic heterocycles. The van der Waals surface area contributed by atoms with Crippen molar-refractivity contribution in [3.8, 4) is 5.88 Å². The van der Waals surface area contributed by atoms with Crippen molar-refractivity contribution < 1.29 is 4.74 Å². The van der Waals surface area contributed by atoms with Crippen LogP contribution in [0.3, 0.4) is 0 Å². The SMILES string of the molecule is CCC1CCCCC1Oc1ncnc(NC)c1C(C)C. The van der Waals surface area contributed by atoms with Gasteiger partial charge >= 0.3 is 0 Å². The molecular formula is C16H27N3O. The molecule has 1 fully saturated rings. The number of aromatic nitrogens is 2. The molecule has 2 rings (SSSR count). The Kier molecular flexibility index (Phi) is 5.21. The second-order valence-electron chi connectivity index (χ2n) is 5.95. The molecule has 1 aliphatic carbocycles. The predicted molar refractivity (Wildman–Crippen MR) is 82.3 cm³/mol. The summed E-state index contributed by atoms with van der Waals surface area (Å²) in [5, 5.41) is 3.15. The maximum Gasteiger partial charge on any atom is 0.222 e. The molecule has 2 unspecified atom stereocenters. The number of rotatable bonds is 5. The zero-order valence-electron chi connectivity index (χ0n) is 13.1. The topological polar surface area (TPSA) is 47.0 Å². The molecule has 1 aromatic rings. The molecule has 1 saturated carbocycles. The van der Waals surface area contributed by atoms with Gasteiger partial charge in [-0.25, -0.2) is 9.97 Å². The van der Waals surface area contributed by atoms with E-state index in [-0.39, 0.29) is 0 Å². The van der Waals surface area contributed by atoms with Crippen LogP contribution in [-0.4, -0.2) is 23.1 Å². The molecule has 0 amide bonds. The van der Waals surface area contributed by atoms with E-state index in [9.17, 15) is 0 Å². The molecule has 0 spiro atoms. The number of hydrogen-bond donors (Lipinski definition) is 1. The van der Waals surface area contributed by atoms with Crippen molar-refractivity contribution in [2.45, 2.75) is 64.9 Å². The summed E-state index contributed by atoms with van der Waals surface area (Å²) in [5.41, 5.74) is 1.09. The van der Waals surface area contributed by atoms with Crippen LogP contribution in [0.5, 0.6) is 5.88 Å². The monoisotopic (exact) mass is 277 g/mol. The van der Waals surface area contributed by atoms with Crippen molar-refractivity contribution in [1.29, 1.82) is 0 Å². The summed E-state index contributed by atoms with van der Waals surface area (Å²) in [6.07, 6.45) is 8.12. The summed E-state index contributed by atoms with van der Waals surface area (Å²) in [4.78, 5) is 8.71. The first kappa shape index (κ1) is 15.1. The van der Waals surface area contributed by atoms with E-state index in [1.807, 2.05) is 7.05 Å². The zero-order valence-corrected chi connectivity index (χ0v) is 13.1. The third-order valence-corrected chi connectivity index (χ3v) is 4.29. The highest BCUT2D eigenvalue weighted by Gasteiger charge is 2.27. The molecule has 20 heavy (non-hydrogen) atoms. The van der Waals surface area contributed by atoms with Crippen LogP contribution < -0.4 is 10.1 Å².